The van der Waals surface area contributed by atoms with Crippen LogP contribution in [0.25, 0.3) is 11.0 Å². The first kappa shape index (κ1) is 20.7. The Morgan fingerprint density at radius 2 is 1.84 bits per heavy atom. The van der Waals surface area contributed by atoms with Gasteiger partial charge in [0.15, 0.2) is 0 Å². The number of aryl methyl sites for hydroxylation is 4. The lowest BCUT2D eigenvalue weighted by molar-refractivity contribution is -0.132. The minimum absolute atomic E-state index is 0.0737. The Bertz CT molecular complexity index is 1250. The third-order valence-electron chi connectivity index (χ3n) is 6.99. The van der Waals surface area contributed by atoms with Crippen LogP contribution < -0.4 is 5.32 Å². The molecule has 3 aromatic rings. The highest BCUT2D eigenvalue weighted by Crippen LogP contribution is 2.32. The molecule has 166 valence electrons. The summed E-state index contributed by atoms with van der Waals surface area (Å²) in [5.74, 6) is -0.332. The number of amides is 3. The number of imide groups is 1. The Balaban J connectivity index is 1.34. The minimum atomic E-state index is -1.12. The molecular formula is C25H28N4O3. The summed E-state index contributed by atoms with van der Waals surface area (Å²) in [5, 5.41) is 13.6. The Morgan fingerprint density at radius 1 is 1.09 bits per heavy atom. The van der Waals surface area contributed by atoms with Crippen LogP contribution in [0.3, 0.4) is 0 Å². The van der Waals surface area contributed by atoms with Gasteiger partial charge in [-0.3, -0.25) is 9.69 Å². The second kappa shape index (κ2) is 7.45. The minimum Gasteiger partial charge on any atom is -0.389 e. The smallest absolute Gasteiger partial charge is 0.325 e. The average Bonchev–Trinajstić information content (AvgIpc) is 3.43. The van der Waals surface area contributed by atoms with Crippen molar-refractivity contribution < 1.29 is 14.7 Å². The Hall–Kier alpha value is -3.19. The number of nitrogens with one attached hydrogen (secondary N) is 1. The summed E-state index contributed by atoms with van der Waals surface area (Å²) in [4.78, 5) is 31.5. The van der Waals surface area contributed by atoms with Crippen molar-refractivity contribution in [3.63, 3.8) is 0 Å². The fourth-order valence-corrected chi connectivity index (χ4v) is 4.90. The van der Waals surface area contributed by atoms with Gasteiger partial charge in [0.05, 0.1) is 36.6 Å². The number of aliphatic hydroxyl groups is 1. The highest BCUT2D eigenvalue weighted by Gasteiger charge is 2.49. The number of carbonyl (C=O) groups is 2. The van der Waals surface area contributed by atoms with Crippen molar-refractivity contribution in [1.82, 2.24) is 19.8 Å². The SMILES string of the molecule is Cc1cc2ncn(C[C@H](O)CN3C(=O)N[C@](C)(c4ccc5c(c4)CCC5)C3=O)c2cc1C. The molecule has 1 aliphatic carbocycles. The fourth-order valence-electron chi connectivity index (χ4n) is 4.90. The molecule has 2 aliphatic rings. The van der Waals surface area contributed by atoms with Gasteiger partial charge < -0.3 is 15.0 Å². The largest absolute Gasteiger partial charge is 0.389 e. The van der Waals surface area contributed by atoms with Crippen LogP contribution >= 0.6 is 0 Å². The van der Waals surface area contributed by atoms with E-state index in [-0.39, 0.29) is 19.0 Å². The molecule has 2 N–H and O–H groups in total. The van der Waals surface area contributed by atoms with Crippen LogP contribution in [0.1, 0.15) is 41.2 Å². The van der Waals surface area contributed by atoms with E-state index in [2.05, 4.69) is 16.4 Å². The molecule has 2 heterocycles. The molecule has 0 spiro atoms. The number of hydrogen-bond donors (Lipinski definition) is 2. The molecule has 0 unspecified atom stereocenters. The lowest BCUT2D eigenvalue weighted by atomic mass is 9.89. The molecule has 2 aromatic carbocycles. The van der Waals surface area contributed by atoms with Gasteiger partial charge in [-0.25, -0.2) is 9.78 Å². The van der Waals surface area contributed by atoms with Crippen LogP contribution in [0, 0.1) is 13.8 Å². The van der Waals surface area contributed by atoms with Gasteiger partial charge in [0, 0.05) is 0 Å². The summed E-state index contributed by atoms with van der Waals surface area (Å²) in [6.07, 6.45) is 3.96. The monoisotopic (exact) mass is 432 g/mol. The van der Waals surface area contributed by atoms with Crippen molar-refractivity contribution in [2.45, 2.75) is 58.2 Å². The molecule has 7 nitrogen and oxygen atoms in total. The van der Waals surface area contributed by atoms with Crippen LogP contribution in [-0.4, -0.2) is 44.1 Å². The van der Waals surface area contributed by atoms with Crippen molar-refractivity contribution >= 4 is 23.0 Å². The number of β-amino-alcohol motifs (C(OH)–C–C–N with tert-alkyl or cyclic N) is 1. The number of aliphatic hydroxyl groups excluding tert-OH is 1. The molecule has 1 aliphatic heterocycles. The van der Waals surface area contributed by atoms with E-state index in [1.807, 2.05) is 42.7 Å². The van der Waals surface area contributed by atoms with Gasteiger partial charge in [-0.2, -0.15) is 0 Å². The third kappa shape index (κ3) is 3.28. The standard InChI is InChI=1S/C25H28N4O3/c1-15-9-21-22(10-16(15)2)28(14-26-21)12-20(30)13-29-23(31)25(3,27-24(29)32)19-8-7-17-5-4-6-18(17)11-19/h7-11,14,20,30H,4-6,12-13H2,1-3H3,(H,27,32)/t20-,25+/m0/s1. The lowest BCUT2D eigenvalue weighted by Crippen LogP contribution is -2.42. The van der Waals surface area contributed by atoms with Crippen LogP contribution in [0.15, 0.2) is 36.7 Å². The number of benzene rings is 2. The second-order valence-electron chi connectivity index (χ2n) is 9.28. The van der Waals surface area contributed by atoms with Crippen molar-refractivity contribution in [2.24, 2.45) is 0 Å². The average molecular weight is 433 g/mol. The number of nitrogens with zero attached hydrogens (tertiary/aromatic N) is 3. The van der Waals surface area contributed by atoms with Crippen molar-refractivity contribution in [1.29, 1.82) is 0 Å². The van der Waals surface area contributed by atoms with Gasteiger partial charge in [0.2, 0.25) is 0 Å². The maximum Gasteiger partial charge on any atom is 0.325 e. The zero-order valence-electron chi connectivity index (χ0n) is 18.7. The quantitative estimate of drug-likeness (QED) is 0.607. The molecular weight excluding hydrogens is 404 g/mol. The van der Waals surface area contributed by atoms with Crippen molar-refractivity contribution in [2.75, 3.05) is 6.54 Å². The van der Waals surface area contributed by atoms with Gasteiger partial charge in [-0.1, -0.05) is 18.2 Å². The van der Waals surface area contributed by atoms with E-state index in [4.69, 9.17) is 0 Å². The van der Waals surface area contributed by atoms with Crippen LogP contribution in [0.2, 0.25) is 0 Å². The number of carbonyl (C=O) groups excluding carboxylic acids is 2. The maximum atomic E-state index is 13.3. The molecule has 7 heteroatoms. The molecule has 0 saturated carbocycles. The van der Waals surface area contributed by atoms with Gasteiger partial charge in [-0.15, -0.1) is 0 Å². The summed E-state index contributed by atoms with van der Waals surface area (Å²) < 4.78 is 1.87. The van der Waals surface area contributed by atoms with Gasteiger partial charge in [-0.05, 0) is 80.0 Å². The number of hydrogen-bond acceptors (Lipinski definition) is 4. The molecule has 5 rings (SSSR count). The predicted octanol–water partition coefficient (Wildman–Crippen LogP) is 2.97. The Kier molecular flexibility index (Phi) is 4.82. The van der Waals surface area contributed by atoms with Crippen LogP contribution in [0.5, 0.6) is 0 Å². The van der Waals surface area contributed by atoms with Gasteiger partial charge in [0.25, 0.3) is 5.91 Å². The lowest BCUT2D eigenvalue weighted by Gasteiger charge is -2.24. The molecule has 3 amide bonds. The van der Waals surface area contributed by atoms with Gasteiger partial charge >= 0.3 is 6.03 Å². The molecule has 0 bridgehead atoms. The van der Waals surface area contributed by atoms with Crippen molar-refractivity contribution in [3.8, 4) is 0 Å². The van der Waals surface area contributed by atoms with Crippen molar-refractivity contribution in [3.05, 3.63) is 64.5 Å². The zero-order chi connectivity index (χ0) is 22.6. The zero-order valence-corrected chi connectivity index (χ0v) is 18.7. The van der Waals surface area contributed by atoms with E-state index < -0.39 is 17.7 Å². The first-order valence-electron chi connectivity index (χ1n) is 11.1. The highest BCUT2D eigenvalue weighted by molar-refractivity contribution is 6.07. The first-order chi connectivity index (χ1) is 15.3. The molecule has 0 radical (unpaired) electrons. The Labute approximate surface area is 187 Å². The van der Waals surface area contributed by atoms with Crippen LogP contribution in [0.4, 0.5) is 4.79 Å². The molecule has 1 saturated heterocycles. The molecule has 1 fully saturated rings. The summed E-state index contributed by atoms with van der Waals surface area (Å²) in [7, 11) is 0. The summed E-state index contributed by atoms with van der Waals surface area (Å²) in [5.41, 5.74) is 6.33. The van der Waals surface area contributed by atoms with E-state index in [0.29, 0.717) is 0 Å². The third-order valence-corrected chi connectivity index (χ3v) is 6.99. The Morgan fingerprint density at radius 3 is 2.66 bits per heavy atom. The topological polar surface area (TPSA) is 87.5 Å². The van der Waals surface area contributed by atoms with Gasteiger partial charge in [0.1, 0.15) is 5.54 Å². The summed E-state index contributed by atoms with van der Waals surface area (Å²) in [6.45, 7) is 5.99. The highest BCUT2D eigenvalue weighted by atomic mass is 16.3. The number of aromatic nitrogens is 2. The van der Waals surface area contributed by atoms with E-state index in [1.165, 1.54) is 11.1 Å². The summed E-state index contributed by atoms with van der Waals surface area (Å²) >= 11 is 0. The first-order valence-corrected chi connectivity index (χ1v) is 11.1. The normalized spacial score (nSPS) is 21.3. The van der Waals surface area contributed by atoms with E-state index in [9.17, 15) is 14.7 Å². The molecule has 1 aromatic heterocycles. The van der Waals surface area contributed by atoms with E-state index in [0.717, 1.165) is 51.9 Å². The number of rotatable bonds is 5. The van der Waals surface area contributed by atoms with Crippen LogP contribution in [-0.2, 0) is 29.7 Å². The van der Waals surface area contributed by atoms with E-state index >= 15 is 0 Å². The summed E-state index contributed by atoms with van der Waals surface area (Å²) in [6, 6.07) is 9.63. The molecule has 2 atom stereocenters. The number of imidazole rings is 1. The molecule has 32 heavy (non-hydrogen) atoms. The van der Waals surface area contributed by atoms with E-state index in [1.54, 1.807) is 13.3 Å². The maximum absolute atomic E-state index is 13.3. The number of fused-ring (bicyclic) bond motifs is 2. The fraction of sp³-hybridized carbons (Fsp3) is 0.400. The predicted molar refractivity (Wildman–Crippen MR) is 121 cm³/mol. The number of urea groups is 1. The second-order valence-corrected chi connectivity index (χ2v) is 9.28.